The molecule has 8 N–H and O–H groups in total. The summed E-state index contributed by atoms with van der Waals surface area (Å²) >= 11 is 0. The molecule has 6 heterocycles. The minimum atomic E-state index is -0.984. The fraction of sp³-hybridized carbons (Fsp3) is 0.667. The number of nitrogens with zero attached hydrogens (tertiary/aromatic N) is 7. The van der Waals surface area contributed by atoms with Crippen LogP contribution in [0.3, 0.4) is 0 Å². The van der Waals surface area contributed by atoms with E-state index in [1.54, 1.807) is 33.2 Å². The van der Waals surface area contributed by atoms with Gasteiger partial charge in [-0.2, -0.15) is 0 Å². The molecule has 0 aliphatic carbocycles. The summed E-state index contributed by atoms with van der Waals surface area (Å²) in [6.07, 6.45) is 10.4. The van der Waals surface area contributed by atoms with E-state index in [1.165, 1.54) is 0 Å². The molecule has 33 nitrogen and oxygen atoms in total. The molecular weight excluding hydrogens is 1590 g/mol. The summed E-state index contributed by atoms with van der Waals surface area (Å²) in [5.41, 5.74) is 6.09. The van der Waals surface area contributed by atoms with Crippen molar-refractivity contribution in [3.8, 4) is 17.2 Å². The number of carboxylic acids is 3. The number of hydrogen-bond donors (Lipinski definition) is 8. The van der Waals surface area contributed by atoms with Crippen LogP contribution < -0.4 is 40.8 Å². The Balaban J connectivity index is 0.000000254. The van der Waals surface area contributed by atoms with Gasteiger partial charge in [-0.25, -0.2) is 9.97 Å². The molecule has 0 saturated heterocycles. The normalized spacial score (nSPS) is 16.4. The third-order valence-corrected chi connectivity index (χ3v) is 20.5. The fourth-order valence-corrected chi connectivity index (χ4v) is 13.6. The second kappa shape index (κ2) is 59.0. The van der Waals surface area contributed by atoms with E-state index in [-0.39, 0.29) is 42.4 Å². The molecule has 3 amide bonds. The Morgan fingerprint density at radius 2 is 0.764 bits per heavy atom. The Labute approximate surface area is 726 Å². The number of hydrogen-bond acceptors (Lipinski definition) is 27. The molecule has 5 aliphatic heterocycles. The Morgan fingerprint density at radius 1 is 0.431 bits per heavy atom. The molecule has 0 fully saturated rings. The number of rotatable bonds is 57. The van der Waals surface area contributed by atoms with E-state index >= 15 is 0 Å². The second-order valence-corrected chi connectivity index (χ2v) is 32.9. The molecule has 0 spiro atoms. The van der Waals surface area contributed by atoms with Crippen LogP contribution in [0.4, 0.5) is 5.95 Å². The van der Waals surface area contributed by atoms with E-state index < -0.39 is 35.7 Å². The van der Waals surface area contributed by atoms with Crippen molar-refractivity contribution < 1.29 is 101 Å². The molecule has 0 unspecified atom stereocenters. The number of amides is 3. The van der Waals surface area contributed by atoms with Crippen LogP contribution in [-0.4, -0.2) is 292 Å². The van der Waals surface area contributed by atoms with Gasteiger partial charge >= 0.3 is 17.9 Å². The highest BCUT2D eigenvalue weighted by atomic mass is 16.6. The molecule has 9 rings (SSSR count). The Morgan fingerprint density at radius 3 is 1.09 bits per heavy atom. The lowest BCUT2D eigenvalue weighted by Crippen LogP contribution is -2.41. The van der Waals surface area contributed by atoms with Crippen LogP contribution in [0.15, 0.2) is 83.0 Å². The van der Waals surface area contributed by atoms with Gasteiger partial charge in [0.1, 0.15) is 17.2 Å². The van der Waals surface area contributed by atoms with Crippen LogP contribution in [0, 0.1) is 35.0 Å². The van der Waals surface area contributed by atoms with Gasteiger partial charge in [0.2, 0.25) is 23.7 Å². The maximum atomic E-state index is 13.3. The van der Waals surface area contributed by atoms with E-state index in [0.717, 1.165) is 161 Å². The molecule has 1 aromatic heterocycles. The number of guanidine groups is 2. The average Bonchev–Trinajstić information content (AvgIpc) is 1.71. The van der Waals surface area contributed by atoms with Crippen molar-refractivity contribution in [3.05, 3.63) is 106 Å². The van der Waals surface area contributed by atoms with E-state index in [0.29, 0.717) is 208 Å². The average molecular weight is 1730 g/mol. The number of carboxylic acid groups (broad SMARTS) is 3. The standard InChI is InChI=1S/C31H50N4O7.C30H44N4O7.C29H46N4O7/c1-31(2,3)8-14-39-16-18-41-19-17-40-15-12-35-23-26-21-27(42-13-5-11-34-30-32-9-4-10-33-30)7-6-24(26)20-25(29(35)38)22-28(36)37;1-23(2)7-13-38-15-17-40-18-16-39-14-11-34-22-26-20-27(41-12-4-10-33-30-31-8-3-9-32-30)6-5-24(26)19-25(29(34)37)21-28(35)36;1-22(2)6-12-37-14-16-39-17-15-38-13-10-33-21-25-19-26(40-11-3-7-30-29-31-8-9-32-29)5-4-23(25)18-24(28(33)36)20-27(34)35/h6-7,21,25H,4-5,8-20,22-23H2,1-3H3,(H,36,37)(H2,32,33,34);3,5-6,8-9,20,23,25H,4,7,10-19,21-22H2,1-2H3,(H,35,36)(H,31,32,33);4-5,19,22,24H,3,6-18,20-21H2,1-2H3,(H,34,35)(H2,30,31,32)/t2*25-;24-/m000/s1. The summed E-state index contributed by atoms with van der Waals surface area (Å²) in [4.78, 5) is 96.3. The number of anilines is 1. The van der Waals surface area contributed by atoms with Gasteiger partial charge in [-0.3, -0.25) is 38.8 Å². The van der Waals surface area contributed by atoms with Crippen LogP contribution in [0.25, 0.3) is 0 Å². The van der Waals surface area contributed by atoms with Crippen molar-refractivity contribution in [3.63, 3.8) is 0 Å². The summed E-state index contributed by atoms with van der Waals surface area (Å²) in [5.74, 6) is 0.442. The molecule has 33 heteroatoms. The van der Waals surface area contributed by atoms with Crippen LogP contribution in [0.5, 0.6) is 17.2 Å². The Hall–Kier alpha value is -9.06. The number of aliphatic carboxylic acids is 3. The summed E-state index contributed by atoms with van der Waals surface area (Å²) in [6.45, 7) is 33.8. The van der Waals surface area contributed by atoms with Gasteiger partial charge in [-0.05, 0) is 157 Å². The molecule has 0 saturated carbocycles. The van der Waals surface area contributed by atoms with Crippen LogP contribution in [-0.2, 0) is 110 Å². The molecule has 123 heavy (non-hydrogen) atoms. The predicted molar refractivity (Wildman–Crippen MR) is 466 cm³/mol. The summed E-state index contributed by atoms with van der Waals surface area (Å²) in [7, 11) is 0. The van der Waals surface area contributed by atoms with Gasteiger partial charge in [-0.15, -0.1) is 0 Å². The first kappa shape index (κ1) is 101. The number of carbonyl (C=O) groups is 6. The lowest BCUT2D eigenvalue weighted by Gasteiger charge is -2.24. The first-order valence-corrected chi connectivity index (χ1v) is 44.1. The smallest absolute Gasteiger partial charge is 0.304 e. The van der Waals surface area contributed by atoms with Crippen LogP contribution >= 0.6 is 0 Å². The van der Waals surface area contributed by atoms with Crippen molar-refractivity contribution in [2.24, 2.45) is 45.0 Å². The zero-order chi connectivity index (χ0) is 88.1. The van der Waals surface area contributed by atoms with Crippen molar-refractivity contribution in [2.75, 3.05) is 210 Å². The highest BCUT2D eigenvalue weighted by molar-refractivity contribution is 5.86. The molecular formula is C90H140N12O21. The fourth-order valence-electron chi connectivity index (χ4n) is 13.6. The summed E-state index contributed by atoms with van der Waals surface area (Å²) in [5, 5.41) is 44.3. The van der Waals surface area contributed by atoms with Crippen molar-refractivity contribution in [1.29, 1.82) is 0 Å². The number of benzene rings is 3. The summed E-state index contributed by atoms with van der Waals surface area (Å²) < 4.78 is 68.4. The van der Waals surface area contributed by atoms with Gasteiger partial charge in [0.05, 0.1) is 162 Å². The highest BCUT2D eigenvalue weighted by Gasteiger charge is 2.35. The van der Waals surface area contributed by atoms with Gasteiger partial charge in [0.15, 0.2) is 11.9 Å². The number of fused-ring (bicyclic) bond motifs is 3. The Kier molecular flexibility index (Phi) is 48.4. The minimum Gasteiger partial charge on any atom is -0.494 e. The maximum Gasteiger partial charge on any atom is 0.304 e. The maximum absolute atomic E-state index is 13.3. The lowest BCUT2D eigenvalue weighted by molar-refractivity contribution is -0.145. The molecule has 0 bridgehead atoms. The topological polar surface area (TPSA) is 394 Å². The highest BCUT2D eigenvalue weighted by Crippen LogP contribution is 2.32. The van der Waals surface area contributed by atoms with Crippen LogP contribution in [0.2, 0.25) is 0 Å². The van der Waals surface area contributed by atoms with E-state index in [4.69, 9.17) is 56.8 Å². The van der Waals surface area contributed by atoms with E-state index in [1.807, 2.05) is 54.6 Å². The van der Waals surface area contributed by atoms with Crippen molar-refractivity contribution in [1.82, 2.24) is 45.9 Å². The number of ether oxygens (including phenoxy) is 12. The SMILES string of the molecule is CC(C)(C)CCOCCOCCOCCN1Cc2cc(OCCCNC3=NCCCN3)ccc2C[C@@H](CC(=O)O)C1=O.CC(C)CCOCCOCCOCCN1Cc2cc(OCCCNC3=NCCN3)ccc2C[C@@H](CC(=O)O)C1=O.CC(C)CCOCCOCCOCCN1Cc2cc(OCCCNc3ncccn3)ccc2C[C@@H](CC(=O)O)C1=O. The lowest BCUT2D eigenvalue weighted by atomic mass is 9.93. The first-order valence-electron chi connectivity index (χ1n) is 44.1. The van der Waals surface area contributed by atoms with Crippen LogP contribution in [0.1, 0.15) is 146 Å². The van der Waals surface area contributed by atoms with Gasteiger partial charge in [0, 0.05) is 111 Å². The monoisotopic (exact) mass is 1730 g/mol. The van der Waals surface area contributed by atoms with Gasteiger partial charge < -0.3 is 113 Å². The molecule has 5 aliphatic rings. The number of nitrogens with one attached hydrogen (secondary N) is 5. The second-order valence-electron chi connectivity index (χ2n) is 32.9. The molecule has 3 atom stereocenters. The number of aromatic nitrogens is 2. The van der Waals surface area contributed by atoms with Crippen molar-refractivity contribution >= 4 is 53.5 Å². The van der Waals surface area contributed by atoms with Gasteiger partial charge in [0.25, 0.3) is 0 Å². The third kappa shape index (κ3) is 42.9. The molecule has 0 radical (unpaired) electrons. The van der Waals surface area contributed by atoms with E-state index in [2.05, 4.69) is 95.0 Å². The number of aliphatic imine (C=N–C) groups is 2. The van der Waals surface area contributed by atoms with Gasteiger partial charge in [-0.1, -0.05) is 66.7 Å². The number of carbonyl (C=O) groups excluding carboxylic acids is 3. The third-order valence-electron chi connectivity index (χ3n) is 20.5. The summed E-state index contributed by atoms with van der Waals surface area (Å²) in [6, 6.07) is 19.2. The molecule has 3 aromatic carbocycles. The zero-order valence-corrected chi connectivity index (χ0v) is 73.9. The van der Waals surface area contributed by atoms with Crippen molar-refractivity contribution in [2.45, 2.75) is 152 Å². The van der Waals surface area contributed by atoms with E-state index in [9.17, 15) is 44.1 Å². The minimum absolute atomic E-state index is 0.158. The zero-order valence-electron chi connectivity index (χ0n) is 73.9. The predicted octanol–water partition coefficient (Wildman–Crippen LogP) is 8.36. The quantitative estimate of drug-likeness (QED) is 0.0192. The first-order chi connectivity index (χ1) is 59.5. The molecule has 686 valence electrons. The Bertz CT molecular complexity index is 3780. The molecule has 4 aromatic rings. The largest absolute Gasteiger partial charge is 0.494 e.